The second kappa shape index (κ2) is 12.9. The first kappa shape index (κ1) is 30.1. The van der Waals surface area contributed by atoms with Crippen LogP contribution < -0.4 is 19.6 Å². The van der Waals surface area contributed by atoms with Crippen LogP contribution in [-0.2, 0) is 9.53 Å². The Morgan fingerprint density at radius 2 is 1.77 bits per heavy atom. The third-order valence-electron chi connectivity index (χ3n) is 6.97. The number of thiazole rings is 1. The largest absolute Gasteiger partial charge is 0.494 e. The van der Waals surface area contributed by atoms with Gasteiger partial charge in [0.25, 0.3) is 5.56 Å². The second-order valence-corrected chi connectivity index (χ2v) is 12.5. The molecule has 0 amide bonds. The first-order valence-corrected chi connectivity index (χ1v) is 16.3. The van der Waals surface area contributed by atoms with Crippen LogP contribution in [0.2, 0.25) is 0 Å². The number of aromatic nitrogens is 1. The molecular weight excluding hydrogens is 708 g/mol. The highest BCUT2D eigenvalue weighted by Crippen LogP contribution is 2.36. The minimum Gasteiger partial charge on any atom is -0.494 e. The van der Waals surface area contributed by atoms with Crippen LogP contribution in [-0.4, -0.2) is 23.8 Å². The molecule has 5 aromatic rings. The molecule has 0 N–H and O–H groups in total. The number of benzene rings is 3. The number of furan rings is 1. The molecule has 0 spiro atoms. The number of rotatable bonds is 8. The molecule has 1 atom stereocenters. The number of halogens is 2. The molecule has 0 radical (unpaired) electrons. The van der Waals surface area contributed by atoms with E-state index in [4.69, 9.17) is 18.9 Å². The average Bonchev–Trinajstić information content (AvgIpc) is 3.62. The maximum Gasteiger partial charge on any atom is 0.338 e. The van der Waals surface area contributed by atoms with Crippen LogP contribution in [0.25, 0.3) is 23.1 Å². The van der Waals surface area contributed by atoms with Crippen molar-refractivity contribution in [2.24, 2.45) is 4.99 Å². The molecule has 0 unspecified atom stereocenters. The van der Waals surface area contributed by atoms with Gasteiger partial charge >= 0.3 is 5.97 Å². The molecule has 0 saturated heterocycles. The molecule has 44 heavy (non-hydrogen) atoms. The number of nitrogens with zero attached hydrogens (tertiary/aromatic N) is 2. The summed E-state index contributed by atoms with van der Waals surface area (Å²) in [5.41, 5.74) is 2.83. The molecule has 6 rings (SSSR count). The molecule has 10 heteroatoms. The Bertz CT molecular complexity index is 2060. The number of hydrogen-bond acceptors (Lipinski definition) is 7. The van der Waals surface area contributed by atoms with Gasteiger partial charge in [-0.3, -0.25) is 9.36 Å². The first-order chi connectivity index (χ1) is 21.4. The van der Waals surface area contributed by atoms with Crippen LogP contribution in [0.1, 0.15) is 36.8 Å². The van der Waals surface area contributed by atoms with Crippen molar-refractivity contribution in [1.82, 2.24) is 4.57 Å². The third-order valence-corrected chi connectivity index (χ3v) is 9.14. The molecule has 0 fully saturated rings. The predicted molar refractivity (Wildman–Crippen MR) is 178 cm³/mol. The summed E-state index contributed by atoms with van der Waals surface area (Å²) in [6, 6.07) is 25.6. The Morgan fingerprint density at radius 3 is 2.50 bits per heavy atom. The van der Waals surface area contributed by atoms with Crippen LogP contribution in [0.4, 0.5) is 0 Å². The summed E-state index contributed by atoms with van der Waals surface area (Å²) < 4.78 is 21.1. The van der Waals surface area contributed by atoms with Crippen molar-refractivity contribution in [3.63, 3.8) is 0 Å². The molecule has 1 aliphatic heterocycles. The Labute approximate surface area is 274 Å². The van der Waals surface area contributed by atoms with Crippen molar-refractivity contribution < 1.29 is 18.7 Å². The Balaban J connectivity index is 1.55. The second-order valence-electron chi connectivity index (χ2n) is 9.76. The van der Waals surface area contributed by atoms with E-state index in [2.05, 4.69) is 31.9 Å². The van der Waals surface area contributed by atoms with Crippen LogP contribution >= 0.6 is 43.2 Å². The van der Waals surface area contributed by atoms with Crippen molar-refractivity contribution >= 4 is 60.9 Å². The Morgan fingerprint density at radius 1 is 1.00 bits per heavy atom. The van der Waals surface area contributed by atoms with Crippen LogP contribution in [0, 0.1) is 0 Å². The maximum absolute atomic E-state index is 14.1. The SMILES string of the molecule is CCOC(=O)C1=C(c2ccccc2)N=c2s/c(=C\c3ccc(-c4cc(Br)ccc4Br)o3)c(=O)n2[C@H]1c1ccc(OCC)cc1. The zero-order valence-corrected chi connectivity index (χ0v) is 27.7. The van der Waals surface area contributed by atoms with E-state index in [1.165, 1.54) is 11.3 Å². The lowest BCUT2D eigenvalue weighted by Crippen LogP contribution is -2.40. The van der Waals surface area contributed by atoms with Gasteiger partial charge in [-0.15, -0.1) is 0 Å². The van der Waals surface area contributed by atoms with Crippen LogP contribution in [0.5, 0.6) is 5.75 Å². The maximum atomic E-state index is 14.1. The van der Waals surface area contributed by atoms with E-state index in [9.17, 15) is 9.59 Å². The molecule has 222 valence electrons. The van der Waals surface area contributed by atoms with Crippen molar-refractivity contribution in [2.75, 3.05) is 13.2 Å². The summed E-state index contributed by atoms with van der Waals surface area (Å²) in [7, 11) is 0. The highest BCUT2D eigenvalue weighted by molar-refractivity contribution is 9.11. The zero-order chi connectivity index (χ0) is 30.8. The average molecular weight is 734 g/mol. The van der Waals surface area contributed by atoms with E-state index < -0.39 is 12.0 Å². The molecule has 7 nitrogen and oxygen atoms in total. The quantitative estimate of drug-likeness (QED) is 0.159. The fraction of sp³-hybridized carbons (Fsp3) is 0.147. The van der Waals surface area contributed by atoms with Gasteiger partial charge in [-0.05, 0) is 61.9 Å². The number of esters is 1. The molecule has 0 aliphatic carbocycles. The number of carbonyl (C=O) groups excluding carboxylic acids is 1. The Hall–Kier alpha value is -3.99. The summed E-state index contributed by atoms with van der Waals surface area (Å²) in [4.78, 5) is 33.1. The highest BCUT2D eigenvalue weighted by atomic mass is 79.9. The standard InChI is InChI=1S/C34H26Br2N2O5S/c1-3-41-23-13-10-21(11-14-23)31-29(33(40)42-4-2)30(20-8-6-5-7-9-20)37-34-38(31)32(39)28(44-34)19-24-15-17-27(43-24)25-18-22(35)12-16-26(25)36/h5-19,31H,3-4H2,1-2H3/b28-19-/t31-/m0/s1. The normalized spacial score (nSPS) is 14.7. The lowest BCUT2D eigenvalue weighted by atomic mass is 9.93. The van der Waals surface area contributed by atoms with Gasteiger partial charge in [0.15, 0.2) is 4.80 Å². The van der Waals surface area contributed by atoms with Gasteiger partial charge < -0.3 is 13.9 Å². The van der Waals surface area contributed by atoms with Crippen LogP contribution in [0.3, 0.4) is 0 Å². The lowest BCUT2D eigenvalue weighted by molar-refractivity contribution is -0.138. The van der Waals surface area contributed by atoms with Gasteiger partial charge in [0.2, 0.25) is 0 Å². The van der Waals surface area contributed by atoms with Crippen molar-refractivity contribution in [1.29, 1.82) is 0 Å². The van der Waals surface area contributed by atoms with E-state index in [1.807, 2.05) is 91.9 Å². The number of carbonyl (C=O) groups is 1. The van der Waals surface area contributed by atoms with Gasteiger partial charge in [-0.2, -0.15) is 0 Å². The molecule has 3 heterocycles. The summed E-state index contributed by atoms with van der Waals surface area (Å²) in [5, 5.41) is 0. The Kier molecular flexibility index (Phi) is 8.83. The highest BCUT2D eigenvalue weighted by Gasteiger charge is 2.35. The van der Waals surface area contributed by atoms with Crippen LogP contribution in [0.15, 0.2) is 114 Å². The van der Waals surface area contributed by atoms with Crippen molar-refractivity contribution in [2.45, 2.75) is 19.9 Å². The summed E-state index contributed by atoms with van der Waals surface area (Å²) in [6.07, 6.45) is 1.71. The van der Waals surface area contributed by atoms with E-state index in [0.717, 1.165) is 25.6 Å². The van der Waals surface area contributed by atoms with E-state index in [0.29, 0.717) is 44.5 Å². The molecular formula is C34H26Br2N2O5S. The summed E-state index contributed by atoms with van der Waals surface area (Å²) >= 11 is 8.34. The minimum absolute atomic E-state index is 0.180. The van der Waals surface area contributed by atoms with E-state index in [1.54, 1.807) is 17.6 Å². The molecule has 2 aromatic heterocycles. The molecule has 0 saturated carbocycles. The first-order valence-electron chi connectivity index (χ1n) is 13.9. The number of fused-ring (bicyclic) bond motifs is 1. The monoisotopic (exact) mass is 732 g/mol. The van der Waals surface area contributed by atoms with E-state index >= 15 is 0 Å². The predicted octanol–water partition coefficient (Wildman–Crippen LogP) is 7.12. The number of hydrogen-bond donors (Lipinski definition) is 0. The van der Waals surface area contributed by atoms with Gasteiger partial charge in [0.05, 0.1) is 35.1 Å². The van der Waals surface area contributed by atoms with Crippen molar-refractivity contribution in [3.05, 3.63) is 136 Å². The van der Waals surface area contributed by atoms with Gasteiger partial charge in [0, 0.05) is 26.1 Å². The fourth-order valence-corrected chi connectivity index (χ4v) is 6.84. The van der Waals surface area contributed by atoms with Gasteiger partial charge in [-0.25, -0.2) is 9.79 Å². The number of ether oxygens (including phenoxy) is 2. The topological polar surface area (TPSA) is 83.0 Å². The fourth-order valence-electron chi connectivity index (χ4n) is 5.06. The zero-order valence-electron chi connectivity index (χ0n) is 23.8. The lowest BCUT2D eigenvalue weighted by Gasteiger charge is -2.26. The smallest absolute Gasteiger partial charge is 0.338 e. The summed E-state index contributed by atoms with van der Waals surface area (Å²) in [5.74, 6) is 1.33. The van der Waals surface area contributed by atoms with Gasteiger partial charge in [-0.1, -0.05) is 85.7 Å². The molecule has 0 bridgehead atoms. The third kappa shape index (κ3) is 5.89. The molecule has 3 aromatic carbocycles. The van der Waals surface area contributed by atoms with Crippen molar-refractivity contribution in [3.8, 4) is 17.1 Å². The summed E-state index contributed by atoms with van der Waals surface area (Å²) in [6.45, 7) is 4.37. The minimum atomic E-state index is -0.775. The van der Waals surface area contributed by atoms with Gasteiger partial charge in [0.1, 0.15) is 17.3 Å². The van der Waals surface area contributed by atoms with E-state index in [-0.39, 0.29) is 12.2 Å². The molecule has 1 aliphatic rings.